The molecule has 42 heavy (non-hydrogen) atoms. The zero-order valence-corrected chi connectivity index (χ0v) is 28.3. The summed E-state index contributed by atoms with van der Waals surface area (Å²) in [4.78, 5) is 12.2. The molecule has 4 nitrogen and oxygen atoms in total. The Morgan fingerprint density at radius 1 is 0.548 bits per heavy atom. The van der Waals surface area contributed by atoms with Gasteiger partial charge in [-0.25, -0.2) is 0 Å². The molecule has 0 fully saturated rings. The monoisotopic (exact) mass is 592 g/mol. The highest BCUT2D eigenvalue weighted by Crippen LogP contribution is 2.14. The fourth-order valence-corrected chi connectivity index (χ4v) is 5.52. The lowest BCUT2D eigenvalue weighted by molar-refractivity contribution is -0.123. The van der Waals surface area contributed by atoms with Crippen molar-refractivity contribution in [3.05, 3.63) is 24.3 Å². The maximum Gasteiger partial charge on any atom is 0.220 e. The van der Waals surface area contributed by atoms with E-state index in [2.05, 4.69) is 31.3 Å². The molecule has 1 amide bonds. The molecule has 248 valence electrons. The highest BCUT2D eigenvalue weighted by atomic mass is 16.3. The third-order valence-electron chi connectivity index (χ3n) is 8.43. The van der Waals surface area contributed by atoms with E-state index in [0.717, 1.165) is 25.7 Å². The molecule has 0 saturated carbocycles. The molecule has 0 heterocycles. The van der Waals surface area contributed by atoms with E-state index in [4.69, 9.17) is 0 Å². The van der Waals surface area contributed by atoms with Gasteiger partial charge < -0.3 is 15.5 Å². The van der Waals surface area contributed by atoms with Gasteiger partial charge >= 0.3 is 0 Å². The number of hydrogen-bond acceptors (Lipinski definition) is 3. The first-order valence-electron chi connectivity index (χ1n) is 18.6. The first-order valence-corrected chi connectivity index (χ1v) is 18.6. The topological polar surface area (TPSA) is 69.6 Å². The van der Waals surface area contributed by atoms with E-state index in [0.29, 0.717) is 6.42 Å². The SMILES string of the molecule is CCCCC/C=C/C(O)C(CO)NC(=O)CCCCCCCCCCCCCCC/C=C\CCCCCCCCCC. The van der Waals surface area contributed by atoms with Gasteiger partial charge in [0.05, 0.1) is 18.8 Å². The Morgan fingerprint density at radius 3 is 1.36 bits per heavy atom. The third kappa shape index (κ3) is 30.3. The minimum absolute atomic E-state index is 0.0713. The van der Waals surface area contributed by atoms with E-state index < -0.39 is 12.1 Å². The van der Waals surface area contributed by atoms with Crippen molar-refractivity contribution in [3.8, 4) is 0 Å². The van der Waals surface area contributed by atoms with Crippen LogP contribution in [-0.4, -0.2) is 34.9 Å². The lowest BCUT2D eigenvalue weighted by atomic mass is 10.0. The van der Waals surface area contributed by atoms with Crippen LogP contribution in [0.1, 0.15) is 194 Å². The number of rotatable bonds is 33. The maximum absolute atomic E-state index is 12.2. The van der Waals surface area contributed by atoms with Crippen molar-refractivity contribution in [2.45, 2.75) is 206 Å². The normalized spacial score (nSPS) is 13.3. The van der Waals surface area contributed by atoms with Crippen LogP contribution in [-0.2, 0) is 4.79 Å². The highest BCUT2D eigenvalue weighted by Gasteiger charge is 2.17. The molecule has 4 heteroatoms. The summed E-state index contributed by atoms with van der Waals surface area (Å²) in [6.07, 6.45) is 43.1. The molecule has 0 aliphatic heterocycles. The standard InChI is InChI=1S/C38H73NO3/c1-3-5-7-9-10-11-12-13-14-15-16-17-18-19-20-21-22-23-24-25-26-27-28-30-32-34-38(42)39-36(35-40)37(41)33-31-29-8-6-4-2/h15-16,31,33,36-37,40-41H,3-14,17-30,32,34-35H2,1-2H3,(H,39,42)/b16-15-,33-31+. The molecule has 0 saturated heterocycles. The fraction of sp³-hybridized carbons (Fsp3) is 0.868. The fourth-order valence-electron chi connectivity index (χ4n) is 5.52. The van der Waals surface area contributed by atoms with Gasteiger partial charge in [-0.3, -0.25) is 4.79 Å². The molecular formula is C38H73NO3. The molecule has 2 atom stereocenters. The molecule has 0 aliphatic carbocycles. The number of unbranched alkanes of at least 4 members (excludes halogenated alkanes) is 24. The van der Waals surface area contributed by atoms with Crippen LogP contribution in [0.5, 0.6) is 0 Å². The van der Waals surface area contributed by atoms with Gasteiger partial charge in [0.1, 0.15) is 0 Å². The number of aliphatic hydroxyl groups is 2. The molecule has 0 aromatic carbocycles. The zero-order valence-electron chi connectivity index (χ0n) is 28.3. The number of hydrogen-bond donors (Lipinski definition) is 3. The average molecular weight is 592 g/mol. The minimum Gasteiger partial charge on any atom is -0.394 e. The summed E-state index contributed by atoms with van der Waals surface area (Å²) in [5, 5.41) is 22.6. The number of carbonyl (C=O) groups is 1. The molecule has 0 radical (unpaired) electrons. The second-order valence-electron chi connectivity index (χ2n) is 12.6. The Morgan fingerprint density at radius 2 is 0.905 bits per heavy atom. The van der Waals surface area contributed by atoms with Gasteiger partial charge in [-0.15, -0.1) is 0 Å². The van der Waals surface area contributed by atoms with Crippen LogP contribution >= 0.6 is 0 Å². The van der Waals surface area contributed by atoms with Crippen LogP contribution in [0.25, 0.3) is 0 Å². The van der Waals surface area contributed by atoms with Crippen LogP contribution < -0.4 is 5.32 Å². The van der Waals surface area contributed by atoms with Crippen LogP contribution in [0.4, 0.5) is 0 Å². The molecule has 0 aliphatic rings. The molecule has 0 bridgehead atoms. The van der Waals surface area contributed by atoms with Crippen molar-refractivity contribution in [3.63, 3.8) is 0 Å². The molecular weight excluding hydrogens is 518 g/mol. The van der Waals surface area contributed by atoms with Gasteiger partial charge in [-0.1, -0.05) is 167 Å². The van der Waals surface area contributed by atoms with Crippen molar-refractivity contribution in [1.29, 1.82) is 0 Å². The van der Waals surface area contributed by atoms with E-state index >= 15 is 0 Å². The first-order chi connectivity index (χ1) is 20.7. The lowest BCUT2D eigenvalue weighted by Gasteiger charge is -2.20. The number of carbonyl (C=O) groups excluding carboxylic acids is 1. The quantitative estimate of drug-likeness (QED) is 0.0525. The predicted molar refractivity (Wildman–Crippen MR) is 184 cm³/mol. The predicted octanol–water partition coefficient (Wildman–Crippen LogP) is 10.9. The van der Waals surface area contributed by atoms with E-state index in [1.807, 2.05) is 6.08 Å². The Kier molecular flexibility index (Phi) is 33.4. The Balaban J connectivity index is 3.41. The van der Waals surface area contributed by atoms with Crippen molar-refractivity contribution in [2.24, 2.45) is 0 Å². The number of nitrogens with one attached hydrogen (secondary N) is 1. The Hall–Kier alpha value is -1.13. The number of amides is 1. The van der Waals surface area contributed by atoms with Gasteiger partial charge in [0.25, 0.3) is 0 Å². The largest absolute Gasteiger partial charge is 0.394 e. The van der Waals surface area contributed by atoms with E-state index in [1.165, 1.54) is 148 Å². The van der Waals surface area contributed by atoms with Crippen molar-refractivity contribution in [1.82, 2.24) is 5.32 Å². The van der Waals surface area contributed by atoms with Crippen molar-refractivity contribution >= 4 is 5.91 Å². The summed E-state index contributed by atoms with van der Waals surface area (Å²) in [7, 11) is 0. The summed E-state index contributed by atoms with van der Waals surface area (Å²) in [5.41, 5.74) is 0. The van der Waals surface area contributed by atoms with E-state index in [9.17, 15) is 15.0 Å². The first kappa shape index (κ1) is 40.9. The average Bonchev–Trinajstić information content (AvgIpc) is 2.99. The molecule has 0 aromatic rings. The van der Waals surface area contributed by atoms with Crippen LogP contribution in [0.2, 0.25) is 0 Å². The molecule has 0 aromatic heterocycles. The van der Waals surface area contributed by atoms with Gasteiger partial charge in [0.15, 0.2) is 0 Å². The maximum atomic E-state index is 12.2. The molecule has 3 N–H and O–H groups in total. The van der Waals surface area contributed by atoms with Crippen LogP contribution in [0.15, 0.2) is 24.3 Å². The number of allylic oxidation sites excluding steroid dienone is 3. The van der Waals surface area contributed by atoms with Gasteiger partial charge in [0, 0.05) is 6.42 Å². The summed E-state index contributed by atoms with van der Waals surface area (Å²) in [5.74, 6) is -0.0713. The molecule has 0 spiro atoms. The van der Waals surface area contributed by atoms with Crippen LogP contribution in [0.3, 0.4) is 0 Å². The van der Waals surface area contributed by atoms with E-state index in [-0.39, 0.29) is 12.5 Å². The van der Waals surface area contributed by atoms with Gasteiger partial charge in [0.2, 0.25) is 5.91 Å². The molecule has 0 rings (SSSR count). The summed E-state index contributed by atoms with van der Waals surface area (Å²) in [6, 6.07) is -0.615. The second kappa shape index (κ2) is 34.4. The highest BCUT2D eigenvalue weighted by molar-refractivity contribution is 5.76. The minimum atomic E-state index is -0.831. The third-order valence-corrected chi connectivity index (χ3v) is 8.43. The van der Waals surface area contributed by atoms with E-state index in [1.54, 1.807) is 6.08 Å². The smallest absolute Gasteiger partial charge is 0.220 e. The lowest BCUT2D eigenvalue weighted by Crippen LogP contribution is -2.45. The van der Waals surface area contributed by atoms with Crippen LogP contribution in [0, 0.1) is 0 Å². The molecule has 2 unspecified atom stereocenters. The zero-order chi connectivity index (χ0) is 30.8. The summed E-state index contributed by atoms with van der Waals surface area (Å²) >= 11 is 0. The Bertz CT molecular complexity index is 603. The van der Waals surface area contributed by atoms with Gasteiger partial charge in [-0.05, 0) is 44.9 Å². The summed E-state index contributed by atoms with van der Waals surface area (Å²) < 4.78 is 0. The van der Waals surface area contributed by atoms with Crippen molar-refractivity contribution in [2.75, 3.05) is 6.61 Å². The van der Waals surface area contributed by atoms with Gasteiger partial charge in [-0.2, -0.15) is 0 Å². The Labute approximate surface area is 262 Å². The number of aliphatic hydroxyl groups excluding tert-OH is 2. The van der Waals surface area contributed by atoms with Crippen molar-refractivity contribution < 1.29 is 15.0 Å². The second-order valence-corrected chi connectivity index (χ2v) is 12.6. The summed E-state index contributed by atoms with van der Waals surface area (Å²) in [6.45, 7) is 4.20.